The number of benzene rings is 3. The van der Waals surface area contributed by atoms with Crippen LogP contribution in [0, 0.1) is 0 Å². The third kappa shape index (κ3) is 4.04. The summed E-state index contributed by atoms with van der Waals surface area (Å²) in [7, 11) is -3.97. The Bertz CT molecular complexity index is 1080. The molecule has 1 aliphatic heterocycles. The summed E-state index contributed by atoms with van der Waals surface area (Å²) in [5, 5.41) is 0.242. The van der Waals surface area contributed by atoms with Gasteiger partial charge < -0.3 is 9.05 Å². The maximum Gasteiger partial charge on any atom is 0.463 e. The van der Waals surface area contributed by atoms with Crippen molar-refractivity contribution in [3.63, 3.8) is 0 Å². The molecule has 0 spiro atoms. The Balaban J connectivity index is 1.81. The van der Waals surface area contributed by atoms with Gasteiger partial charge in [-0.1, -0.05) is 54.6 Å². The standard InChI is InChI=1S/C22H17BrNO5P/c23-24-21(25)15-19(22(24)26)18-13-7-8-14-20(18)30(27,28-16-9-3-1-4-10-16)29-17-11-5-2-6-12-17/h1-14,19H,15H2. The maximum atomic E-state index is 14.1. The zero-order valence-electron chi connectivity index (χ0n) is 15.7. The summed E-state index contributed by atoms with van der Waals surface area (Å²) in [5.74, 6) is -0.828. The van der Waals surface area contributed by atoms with Crippen molar-refractivity contribution in [1.82, 2.24) is 3.93 Å². The van der Waals surface area contributed by atoms with E-state index in [4.69, 9.17) is 9.05 Å². The number of para-hydroxylation sites is 2. The molecule has 4 rings (SSSR count). The van der Waals surface area contributed by atoms with E-state index in [0.717, 1.165) is 3.93 Å². The second-order valence-corrected chi connectivity index (χ2v) is 9.19. The first-order valence-corrected chi connectivity index (χ1v) is 11.4. The van der Waals surface area contributed by atoms with Gasteiger partial charge in [0.1, 0.15) is 11.5 Å². The molecule has 8 heteroatoms. The van der Waals surface area contributed by atoms with Crippen LogP contribution in [-0.2, 0) is 14.2 Å². The molecule has 3 aromatic carbocycles. The molecular weight excluding hydrogens is 469 g/mol. The Morgan fingerprint density at radius 3 is 1.80 bits per heavy atom. The molecule has 1 saturated heterocycles. The van der Waals surface area contributed by atoms with E-state index in [0.29, 0.717) is 17.1 Å². The van der Waals surface area contributed by atoms with E-state index >= 15 is 0 Å². The van der Waals surface area contributed by atoms with E-state index in [1.807, 2.05) is 12.1 Å². The zero-order valence-corrected chi connectivity index (χ0v) is 18.2. The molecule has 1 atom stereocenters. The smallest absolute Gasteiger partial charge is 0.413 e. The average Bonchev–Trinajstić information content (AvgIpc) is 3.02. The van der Waals surface area contributed by atoms with Crippen LogP contribution in [0.4, 0.5) is 0 Å². The zero-order chi connectivity index (χ0) is 21.1. The number of amides is 2. The molecule has 6 nitrogen and oxygen atoms in total. The van der Waals surface area contributed by atoms with E-state index in [9.17, 15) is 14.2 Å². The predicted molar refractivity (Wildman–Crippen MR) is 116 cm³/mol. The molecule has 0 N–H and O–H groups in total. The van der Waals surface area contributed by atoms with Gasteiger partial charge in [0, 0.05) is 6.42 Å². The number of hydrogen-bond acceptors (Lipinski definition) is 5. The first-order valence-electron chi connectivity index (χ1n) is 9.19. The van der Waals surface area contributed by atoms with Crippen molar-refractivity contribution in [3.05, 3.63) is 90.5 Å². The van der Waals surface area contributed by atoms with E-state index < -0.39 is 19.4 Å². The number of hydrogen-bond donors (Lipinski definition) is 0. The lowest BCUT2D eigenvalue weighted by Crippen LogP contribution is -2.24. The molecule has 1 unspecified atom stereocenters. The topological polar surface area (TPSA) is 72.9 Å². The molecule has 3 aromatic rings. The summed E-state index contributed by atoms with van der Waals surface area (Å²) >= 11 is 2.99. The summed E-state index contributed by atoms with van der Waals surface area (Å²) in [6, 6.07) is 24.1. The first kappa shape index (κ1) is 20.4. The van der Waals surface area contributed by atoms with Crippen molar-refractivity contribution < 1.29 is 23.2 Å². The molecule has 0 aromatic heterocycles. The SMILES string of the molecule is O=C1CC(c2ccccc2P(=O)(Oc2ccccc2)Oc2ccccc2)C(=O)N1Br. The molecular formula is C22H17BrNO5P. The van der Waals surface area contributed by atoms with Crippen LogP contribution >= 0.6 is 23.7 Å². The highest BCUT2D eigenvalue weighted by atomic mass is 79.9. The Morgan fingerprint density at radius 1 is 0.800 bits per heavy atom. The predicted octanol–water partition coefficient (Wildman–Crippen LogP) is 4.82. The Morgan fingerprint density at radius 2 is 1.30 bits per heavy atom. The molecule has 2 amide bonds. The normalized spacial score (nSPS) is 16.6. The Labute approximate surface area is 182 Å². The quantitative estimate of drug-likeness (QED) is 0.284. The van der Waals surface area contributed by atoms with Gasteiger partial charge in [-0.25, -0.2) is 8.49 Å². The lowest BCUT2D eigenvalue weighted by molar-refractivity contribution is -0.131. The van der Waals surface area contributed by atoms with E-state index in [2.05, 4.69) is 16.1 Å². The monoisotopic (exact) mass is 485 g/mol. The fourth-order valence-electron chi connectivity index (χ4n) is 3.23. The number of nitrogens with zero attached hydrogens (tertiary/aromatic N) is 1. The fraction of sp³-hybridized carbons (Fsp3) is 0.0909. The molecule has 0 radical (unpaired) electrons. The number of carbonyl (C=O) groups excluding carboxylic acids is 2. The van der Waals surface area contributed by atoms with Crippen molar-refractivity contribution >= 4 is 40.9 Å². The highest BCUT2D eigenvalue weighted by Crippen LogP contribution is 2.49. The van der Waals surface area contributed by atoms with Gasteiger partial charge in [0.05, 0.1) is 27.4 Å². The van der Waals surface area contributed by atoms with Gasteiger partial charge in [-0.2, -0.15) is 0 Å². The lowest BCUT2D eigenvalue weighted by Gasteiger charge is -2.23. The van der Waals surface area contributed by atoms with Gasteiger partial charge in [-0.15, -0.1) is 0 Å². The van der Waals surface area contributed by atoms with Gasteiger partial charge >= 0.3 is 7.60 Å². The van der Waals surface area contributed by atoms with Crippen molar-refractivity contribution in [2.45, 2.75) is 12.3 Å². The van der Waals surface area contributed by atoms with E-state index in [1.54, 1.807) is 72.8 Å². The second kappa shape index (κ2) is 8.46. The van der Waals surface area contributed by atoms with E-state index in [-0.39, 0.29) is 17.6 Å². The van der Waals surface area contributed by atoms with Crippen LogP contribution in [-0.4, -0.2) is 15.7 Å². The minimum atomic E-state index is -3.97. The van der Waals surface area contributed by atoms with Crippen LogP contribution in [0.2, 0.25) is 0 Å². The summed E-state index contributed by atoms with van der Waals surface area (Å²) in [6.07, 6.45) is -0.0300. The third-order valence-corrected chi connectivity index (χ3v) is 7.28. The minimum absolute atomic E-state index is 0.0300. The van der Waals surface area contributed by atoms with Crippen molar-refractivity contribution in [1.29, 1.82) is 0 Å². The fourth-order valence-corrected chi connectivity index (χ4v) is 5.47. The van der Waals surface area contributed by atoms with Crippen LogP contribution < -0.4 is 14.4 Å². The Kier molecular flexibility index (Phi) is 5.75. The number of halogens is 1. The number of carbonyl (C=O) groups is 2. The lowest BCUT2D eigenvalue weighted by atomic mass is 9.98. The van der Waals surface area contributed by atoms with Crippen LogP contribution in [0.3, 0.4) is 0 Å². The maximum absolute atomic E-state index is 14.1. The molecule has 0 bridgehead atoms. The largest absolute Gasteiger partial charge is 0.463 e. The van der Waals surface area contributed by atoms with Crippen LogP contribution in [0.15, 0.2) is 84.9 Å². The molecule has 0 saturated carbocycles. The van der Waals surface area contributed by atoms with Crippen LogP contribution in [0.1, 0.15) is 17.9 Å². The highest BCUT2D eigenvalue weighted by Gasteiger charge is 2.43. The Hall–Kier alpha value is -2.89. The van der Waals surface area contributed by atoms with Gasteiger partial charge in [0.25, 0.3) is 0 Å². The van der Waals surface area contributed by atoms with Crippen LogP contribution in [0.25, 0.3) is 0 Å². The number of rotatable bonds is 6. The van der Waals surface area contributed by atoms with Gasteiger partial charge in [-0.05, 0) is 35.9 Å². The summed E-state index contributed by atoms with van der Waals surface area (Å²) in [5.41, 5.74) is 0.438. The van der Waals surface area contributed by atoms with Gasteiger partial charge in [-0.3, -0.25) is 9.59 Å². The molecule has 152 valence electrons. The van der Waals surface area contributed by atoms with Crippen LogP contribution in [0.5, 0.6) is 11.5 Å². The minimum Gasteiger partial charge on any atom is -0.413 e. The molecule has 30 heavy (non-hydrogen) atoms. The summed E-state index contributed by atoms with van der Waals surface area (Å²) < 4.78 is 26.8. The third-order valence-electron chi connectivity index (χ3n) is 4.63. The second-order valence-electron chi connectivity index (χ2n) is 6.63. The van der Waals surface area contributed by atoms with Crippen molar-refractivity contribution in [2.24, 2.45) is 0 Å². The average molecular weight is 486 g/mol. The first-order chi connectivity index (χ1) is 14.5. The summed E-state index contributed by atoms with van der Waals surface area (Å²) in [6.45, 7) is 0. The summed E-state index contributed by atoms with van der Waals surface area (Å²) in [4.78, 5) is 24.6. The van der Waals surface area contributed by atoms with Crippen molar-refractivity contribution in [2.75, 3.05) is 0 Å². The molecule has 1 heterocycles. The molecule has 1 fully saturated rings. The molecule has 0 aliphatic carbocycles. The van der Waals surface area contributed by atoms with Gasteiger partial charge in [0.2, 0.25) is 11.8 Å². The van der Waals surface area contributed by atoms with Gasteiger partial charge in [0.15, 0.2) is 0 Å². The number of imide groups is 1. The molecule has 1 aliphatic rings. The highest BCUT2D eigenvalue weighted by molar-refractivity contribution is 9.08. The van der Waals surface area contributed by atoms with E-state index in [1.165, 1.54) is 0 Å². The van der Waals surface area contributed by atoms with Crippen molar-refractivity contribution in [3.8, 4) is 11.5 Å².